The number of nitrogens with zero attached hydrogens (tertiary/aromatic N) is 1. The largest absolute Gasteiger partial charge is 0.352 e. The molecule has 0 radical (unpaired) electrons. The third-order valence-electron chi connectivity index (χ3n) is 3.36. The number of carbonyl (C=O) groups is 2. The molecule has 0 fully saturated rings. The fourth-order valence-electron chi connectivity index (χ4n) is 2.04. The third kappa shape index (κ3) is 4.97. The van der Waals surface area contributed by atoms with Gasteiger partial charge in [-0.1, -0.05) is 24.3 Å². The summed E-state index contributed by atoms with van der Waals surface area (Å²) in [7, 11) is 0. The maximum absolute atomic E-state index is 11.8. The maximum atomic E-state index is 11.8. The van der Waals surface area contributed by atoms with E-state index in [0.29, 0.717) is 17.8 Å². The highest BCUT2D eigenvalue weighted by atomic mass is 16.2. The normalized spacial score (nSPS) is 9.74. The molecule has 23 heavy (non-hydrogen) atoms. The summed E-state index contributed by atoms with van der Waals surface area (Å²) in [6, 6.07) is 16.2. The average molecular weight is 307 g/mol. The predicted octanol–water partition coefficient (Wildman–Crippen LogP) is 2.51. The Kier molecular flexibility index (Phi) is 5.48. The van der Waals surface area contributed by atoms with E-state index in [9.17, 15) is 9.59 Å². The second-order valence-corrected chi connectivity index (χ2v) is 5.12. The number of hydrogen-bond donors (Lipinski definition) is 2. The number of rotatable bonds is 5. The second kappa shape index (κ2) is 7.76. The van der Waals surface area contributed by atoms with Crippen LogP contribution in [-0.4, -0.2) is 11.8 Å². The minimum Gasteiger partial charge on any atom is -0.352 e. The van der Waals surface area contributed by atoms with Gasteiger partial charge in [-0.15, -0.1) is 0 Å². The highest BCUT2D eigenvalue weighted by Crippen LogP contribution is 2.09. The van der Waals surface area contributed by atoms with E-state index in [0.717, 1.165) is 11.1 Å². The molecule has 0 heterocycles. The van der Waals surface area contributed by atoms with Crippen molar-refractivity contribution in [1.29, 1.82) is 5.26 Å². The van der Waals surface area contributed by atoms with Crippen molar-refractivity contribution >= 4 is 17.5 Å². The van der Waals surface area contributed by atoms with Crippen LogP contribution in [0.2, 0.25) is 0 Å². The molecule has 116 valence electrons. The first-order chi connectivity index (χ1) is 11.1. The summed E-state index contributed by atoms with van der Waals surface area (Å²) in [4.78, 5) is 23.6. The summed E-state index contributed by atoms with van der Waals surface area (Å²) < 4.78 is 0. The summed E-state index contributed by atoms with van der Waals surface area (Å²) in [5, 5.41) is 14.1. The van der Waals surface area contributed by atoms with E-state index < -0.39 is 5.91 Å². The van der Waals surface area contributed by atoms with E-state index in [2.05, 4.69) is 10.6 Å². The lowest BCUT2D eigenvalue weighted by Crippen LogP contribution is -2.28. The highest BCUT2D eigenvalue weighted by molar-refractivity contribution is 6.03. The molecule has 2 amide bonds. The molecule has 5 heteroatoms. The quantitative estimate of drug-likeness (QED) is 0.833. The Hall–Kier alpha value is -3.13. The molecule has 5 nitrogen and oxygen atoms in total. The Morgan fingerprint density at radius 2 is 1.74 bits per heavy atom. The zero-order valence-corrected chi connectivity index (χ0v) is 12.8. The van der Waals surface area contributed by atoms with Crippen molar-refractivity contribution < 1.29 is 9.59 Å². The third-order valence-corrected chi connectivity index (χ3v) is 3.36. The Morgan fingerprint density at radius 1 is 1.04 bits per heavy atom. The lowest BCUT2D eigenvalue weighted by Gasteiger charge is -2.08. The molecule has 0 aliphatic carbocycles. The molecular formula is C18H17N3O2. The predicted molar refractivity (Wildman–Crippen MR) is 87.4 cm³/mol. The second-order valence-electron chi connectivity index (χ2n) is 5.12. The van der Waals surface area contributed by atoms with Crippen molar-refractivity contribution in [2.45, 2.75) is 19.9 Å². The van der Waals surface area contributed by atoms with Gasteiger partial charge >= 0.3 is 0 Å². The molecule has 0 saturated heterocycles. The van der Waals surface area contributed by atoms with E-state index in [1.54, 1.807) is 24.3 Å². The van der Waals surface area contributed by atoms with E-state index in [1.807, 2.05) is 37.3 Å². The zero-order valence-electron chi connectivity index (χ0n) is 12.8. The molecule has 0 aliphatic heterocycles. The standard InChI is InChI=1S/C18H17N3O2/c1-13-4-2-3-5-15(13)12-20-17(22)10-18(23)21-16-8-6-14(11-19)7-9-16/h2-9H,10,12H2,1H3,(H,20,22)(H,21,23). The number of nitriles is 1. The Morgan fingerprint density at radius 3 is 2.39 bits per heavy atom. The molecular weight excluding hydrogens is 290 g/mol. The van der Waals surface area contributed by atoms with Gasteiger partial charge in [-0.05, 0) is 42.3 Å². The fourth-order valence-corrected chi connectivity index (χ4v) is 2.04. The van der Waals surface area contributed by atoms with E-state index in [1.165, 1.54) is 0 Å². The first-order valence-electron chi connectivity index (χ1n) is 7.19. The number of aryl methyl sites for hydroxylation is 1. The minimum absolute atomic E-state index is 0.244. The number of nitrogens with one attached hydrogen (secondary N) is 2. The van der Waals surface area contributed by atoms with Gasteiger partial charge in [0.05, 0.1) is 11.6 Å². The maximum Gasteiger partial charge on any atom is 0.233 e. The van der Waals surface area contributed by atoms with Gasteiger partial charge in [-0.25, -0.2) is 0 Å². The Balaban J connectivity index is 1.81. The van der Waals surface area contributed by atoms with Gasteiger partial charge in [0.2, 0.25) is 11.8 Å². The molecule has 2 N–H and O–H groups in total. The summed E-state index contributed by atoms with van der Waals surface area (Å²) >= 11 is 0. The summed E-state index contributed by atoms with van der Waals surface area (Å²) in [6.07, 6.45) is -0.244. The van der Waals surface area contributed by atoms with Gasteiger partial charge in [-0.2, -0.15) is 5.26 Å². The van der Waals surface area contributed by atoms with E-state index in [-0.39, 0.29) is 12.3 Å². The molecule has 2 aromatic carbocycles. The Labute approximate surface area is 134 Å². The highest BCUT2D eigenvalue weighted by Gasteiger charge is 2.10. The van der Waals surface area contributed by atoms with Gasteiger partial charge in [0.25, 0.3) is 0 Å². The molecule has 0 unspecified atom stereocenters. The van der Waals surface area contributed by atoms with Crippen molar-refractivity contribution in [2.24, 2.45) is 0 Å². The van der Waals surface area contributed by atoms with Gasteiger partial charge < -0.3 is 10.6 Å². The van der Waals surface area contributed by atoms with E-state index >= 15 is 0 Å². The average Bonchev–Trinajstić information content (AvgIpc) is 2.54. The molecule has 2 rings (SSSR count). The van der Waals surface area contributed by atoms with Crippen LogP contribution >= 0.6 is 0 Å². The van der Waals surface area contributed by atoms with Crippen LogP contribution in [0, 0.1) is 18.3 Å². The van der Waals surface area contributed by atoms with Crippen molar-refractivity contribution in [3.05, 3.63) is 65.2 Å². The molecule has 0 spiro atoms. The number of hydrogen-bond acceptors (Lipinski definition) is 3. The smallest absolute Gasteiger partial charge is 0.233 e. The summed E-state index contributed by atoms with van der Waals surface area (Å²) in [6.45, 7) is 2.37. The van der Waals surface area contributed by atoms with E-state index in [4.69, 9.17) is 5.26 Å². The van der Waals surface area contributed by atoms with Crippen molar-refractivity contribution in [3.63, 3.8) is 0 Å². The van der Waals surface area contributed by atoms with Crippen LogP contribution in [0.15, 0.2) is 48.5 Å². The lowest BCUT2D eigenvalue weighted by molar-refractivity contribution is -0.126. The van der Waals surface area contributed by atoms with Crippen LogP contribution in [0.5, 0.6) is 0 Å². The Bertz CT molecular complexity index is 746. The summed E-state index contributed by atoms with van der Waals surface area (Å²) in [5.74, 6) is -0.726. The number of carbonyl (C=O) groups excluding carboxylic acids is 2. The van der Waals surface area contributed by atoms with Crippen molar-refractivity contribution in [1.82, 2.24) is 5.32 Å². The molecule has 0 aromatic heterocycles. The van der Waals surface area contributed by atoms with Crippen LogP contribution in [0.1, 0.15) is 23.1 Å². The van der Waals surface area contributed by atoms with Gasteiger partial charge in [0, 0.05) is 12.2 Å². The van der Waals surface area contributed by atoms with Crippen LogP contribution in [0.25, 0.3) is 0 Å². The topological polar surface area (TPSA) is 82.0 Å². The van der Waals surface area contributed by atoms with Crippen molar-refractivity contribution in [2.75, 3.05) is 5.32 Å². The zero-order chi connectivity index (χ0) is 16.7. The van der Waals surface area contributed by atoms with Gasteiger partial charge in [0.15, 0.2) is 0 Å². The number of amides is 2. The van der Waals surface area contributed by atoms with Crippen LogP contribution in [0.3, 0.4) is 0 Å². The van der Waals surface area contributed by atoms with Gasteiger partial charge in [-0.3, -0.25) is 9.59 Å². The minimum atomic E-state index is -0.392. The monoisotopic (exact) mass is 307 g/mol. The first-order valence-corrected chi connectivity index (χ1v) is 7.19. The van der Waals surface area contributed by atoms with Crippen LogP contribution in [0.4, 0.5) is 5.69 Å². The summed E-state index contributed by atoms with van der Waals surface area (Å²) in [5.41, 5.74) is 3.18. The molecule has 0 bridgehead atoms. The number of benzene rings is 2. The van der Waals surface area contributed by atoms with Gasteiger partial charge in [0.1, 0.15) is 6.42 Å². The molecule has 0 aliphatic rings. The lowest BCUT2D eigenvalue weighted by atomic mass is 10.1. The fraction of sp³-hybridized carbons (Fsp3) is 0.167. The molecule has 2 aromatic rings. The molecule has 0 saturated carbocycles. The van der Waals surface area contributed by atoms with Crippen molar-refractivity contribution in [3.8, 4) is 6.07 Å². The SMILES string of the molecule is Cc1ccccc1CNC(=O)CC(=O)Nc1ccc(C#N)cc1. The van der Waals surface area contributed by atoms with Crippen LogP contribution in [-0.2, 0) is 16.1 Å². The van der Waals surface area contributed by atoms with Crippen LogP contribution < -0.4 is 10.6 Å². The molecule has 0 atom stereocenters. The first kappa shape index (κ1) is 16.2. The number of anilines is 1.